The summed E-state index contributed by atoms with van der Waals surface area (Å²) in [4.78, 5) is 0. The second-order valence-corrected chi connectivity index (χ2v) is 4.50. The molecule has 0 aliphatic carbocycles. The largest absolute Gasteiger partial charge is 0.456 e. The van der Waals surface area contributed by atoms with Gasteiger partial charge in [-0.1, -0.05) is 35.4 Å². The molecule has 0 unspecified atom stereocenters. The van der Waals surface area contributed by atoms with Crippen LogP contribution in [0.2, 0.25) is 5.02 Å². The maximum Gasteiger partial charge on any atom is 0.146 e. The maximum absolute atomic E-state index is 9.08. The Bertz CT molecular complexity index is 629. The number of ether oxygens (including phenoxy) is 1. The van der Waals surface area contributed by atoms with Gasteiger partial charge in [-0.3, -0.25) is 0 Å². The van der Waals surface area contributed by atoms with Gasteiger partial charge in [0.05, 0.1) is 5.02 Å². The number of hydrogen-bond donors (Lipinski definition) is 0. The fourth-order valence-electron chi connectivity index (χ4n) is 1.73. The first-order chi connectivity index (χ1) is 8.61. The van der Waals surface area contributed by atoms with Crippen LogP contribution in [0.15, 0.2) is 36.4 Å². The lowest BCUT2D eigenvalue weighted by molar-refractivity contribution is 0.477. The normalized spacial score (nSPS) is 9.89. The van der Waals surface area contributed by atoms with Gasteiger partial charge in [-0.25, -0.2) is 0 Å². The summed E-state index contributed by atoms with van der Waals surface area (Å²) in [5.41, 5.74) is 2.56. The monoisotopic (exact) mass is 257 g/mol. The van der Waals surface area contributed by atoms with Crippen molar-refractivity contribution in [3.05, 3.63) is 58.1 Å². The molecule has 0 aliphatic rings. The van der Waals surface area contributed by atoms with Crippen molar-refractivity contribution in [2.24, 2.45) is 0 Å². The molecule has 2 nitrogen and oxygen atoms in total. The minimum absolute atomic E-state index is 0.360. The highest BCUT2D eigenvalue weighted by molar-refractivity contribution is 6.31. The highest BCUT2D eigenvalue weighted by atomic mass is 35.5. The van der Waals surface area contributed by atoms with Crippen molar-refractivity contribution in [2.45, 2.75) is 13.8 Å². The third-order valence-electron chi connectivity index (χ3n) is 2.64. The van der Waals surface area contributed by atoms with Crippen LogP contribution in [0.25, 0.3) is 0 Å². The van der Waals surface area contributed by atoms with E-state index in [2.05, 4.69) is 6.07 Å². The van der Waals surface area contributed by atoms with Gasteiger partial charge >= 0.3 is 0 Å². The molecule has 18 heavy (non-hydrogen) atoms. The average Bonchev–Trinajstić information content (AvgIpc) is 2.33. The molecule has 0 radical (unpaired) electrons. The minimum Gasteiger partial charge on any atom is -0.456 e. The van der Waals surface area contributed by atoms with E-state index >= 15 is 0 Å². The van der Waals surface area contributed by atoms with Gasteiger partial charge in [0.1, 0.15) is 23.1 Å². The highest BCUT2D eigenvalue weighted by Gasteiger charge is 2.09. The third-order valence-corrected chi connectivity index (χ3v) is 2.95. The molecule has 0 N–H and O–H groups in total. The van der Waals surface area contributed by atoms with Gasteiger partial charge in [-0.05, 0) is 37.6 Å². The smallest absolute Gasteiger partial charge is 0.146 e. The topological polar surface area (TPSA) is 33.0 Å². The number of nitriles is 1. The van der Waals surface area contributed by atoms with Crippen molar-refractivity contribution in [1.82, 2.24) is 0 Å². The van der Waals surface area contributed by atoms with Crippen molar-refractivity contribution in [3.8, 4) is 17.6 Å². The molecule has 0 saturated heterocycles. The highest BCUT2D eigenvalue weighted by Crippen LogP contribution is 2.31. The zero-order valence-corrected chi connectivity index (χ0v) is 11.0. The van der Waals surface area contributed by atoms with Gasteiger partial charge in [-0.2, -0.15) is 5.26 Å². The second-order valence-electron chi connectivity index (χ2n) is 4.10. The molecule has 2 rings (SSSR count). The number of nitrogens with zero attached hydrogens (tertiary/aromatic N) is 1. The number of halogens is 1. The predicted octanol–water partition coefficient (Wildman–Crippen LogP) is 4.62. The summed E-state index contributed by atoms with van der Waals surface area (Å²) in [6.45, 7) is 4.00. The van der Waals surface area contributed by atoms with Crippen LogP contribution in [-0.4, -0.2) is 0 Å². The van der Waals surface area contributed by atoms with Crippen molar-refractivity contribution in [3.63, 3.8) is 0 Å². The van der Waals surface area contributed by atoms with E-state index in [1.165, 1.54) is 5.56 Å². The molecule has 3 heteroatoms. The fourth-order valence-corrected chi connectivity index (χ4v) is 1.94. The number of rotatable bonds is 2. The second kappa shape index (κ2) is 5.12. The number of benzene rings is 2. The number of aryl methyl sites for hydroxylation is 2. The summed E-state index contributed by atoms with van der Waals surface area (Å²) in [6, 6.07) is 13.1. The van der Waals surface area contributed by atoms with E-state index < -0.39 is 0 Å². The quantitative estimate of drug-likeness (QED) is 0.786. The first-order valence-corrected chi connectivity index (χ1v) is 5.93. The van der Waals surface area contributed by atoms with Crippen LogP contribution in [0.3, 0.4) is 0 Å². The zero-order valence-electron chi connectivity index (χ0n) is 10.2. The standard InChI is InChI=1S/C15H12ClNO/c1-10-6-7-14(11(2)8-10)18-15-5-3-4-13(16)12(15)9-17/h3-8H,1-2H3. The third kappa shape index (κ3) is 2.47. The average molecular weight is 258 g/mol. The van der Waals surface area contributed by atoms with Crippen LogP contribution in [-0.2, 0) is 0 Å². The SMILES string of the molecule is Cc1ccc(Oc2cccc(Cl)c2C#N)c(C)c1. The van der Waals surface area contributed by atoms with Gasteiger partial charge in [0.25, 0.3) is 0 Å². The maximum atomic E-state index is 9.08. The summed E-state index contributed by atoms with van der Waals surface area (Å²) in [7, 11) is 0. The summed E-state index contributed by atoms with van der Waals surface area (Å²) >= 11 is 5.96. The van der Waals surface area contributed by atoms with Crippen molar-refractivity contribution in [1.29, 1.82) is 5.26 Å². The lowest BCUT2D eigenvalue weighted by Crippen LogP contribution is -1.91. The van der Waals surface area contributed by atoms with Crippen LogP contribution < -0.4 is 4.74 Å². The van der Waals surface area contributed by atoms with E-state index in [1.54, 1.807) is 18.2 Å². The lowest BCUT2D eigenvalue weighted by atomic mass is 10.1. The Morgan fingerprint density at radius 2 is 1.89 bits per heavy atom. The van der Waals surface area contributed by atoms with E-state index in [9.17, 15) is 0 Å². The number of hydrogen-bond acceptors (Lipinski definition) is 2. The Hall–Kier alpha value is -1.98. The Labute approximate surface area is 111 Å². The van der Waals surface area contributed by atoms with Gasteiger partial charge in [0, 0.05) is 0 Å². The molecule has 90 valence electrons. The van der Waals surface area contributed by atoms with E-state index in [0.717, 1.165) is 11.3 Å². The van der Waals surface area contributed by atoms with Gasteiger partial charge < -0.3 is 4.74 Å². The molecule has 0 saturated carbocycles. The van der Waals surface area contributed by atoms with Crippen molar-refractivity contribution >= 4 is 11.6 Å². The summed E-state index contributed by atoms with van der Waals surface area (Å²) in [5, 5.41) is 9.48. The Morgan fingerprint density at radius 1 is 1.11 bits per heavy atom. The molecule has 2 aromatic carbocycles. The molecular weight excluding hydrogens is 246 g/mol. The fraction of sp³-hybridized carbons (Fsp3) is 0.133. The van der Waals surface area contributed by atoms with Crippen LogP contribution >= 0.6 is 11.6 Å². The molecule has 0 fully saturated rings. The molecular formula is C15H12ClNO. The molecule has 0 amide bonds. The van der Waals surface area contributed by atoms with Gasteiger partial charge in [-0.15, -0.1) is 0 Å². The van der Waals surface area contributed by atoms with Gasteiger partial charge in [0.2, 0.25) is 0 Å². The van der Waals surface area contributed by atoms with E-state index in [-0.39, 0.29) is 0 Å². The molecule has 0 atom stereocenters. The Kier molecular flexibility index (Phi) is 3.55. The molecule has 2 aromatic rings. The summed E-state index contributed by atoms with van der Waals surface area (Å²) < 4.78 is 5.76. The predicted molar refractivity (Wildman–Crippen MR) is 72.2 cm³/mol. The van der Waals surface area contributed by atoms with Crippen LogP contribution in [0, 0.1) is 25.2 Å². The van der Waals surface area contributed by atoms with E-state index in [4.69, 9.17) is 21.6 Å². The zero-order chi connectivity index (χ0) is 13.1. The van der Waals surface area contributed by atoms with E-state index in [0.29, 0.717) is 16.3 Å². The summed E-state index contributed by atoms with van der Waals surface area (Å²) in [5.74, 6) is 1.22. The first-order valence-electron chi connectivity index (χ1n) is 5.55. The van der Waals surface area contributed by atoms with Crippen LogP contribution in [0.1, 0.15) is 16.7 Å². The van der Waals surface area contributed by atoms with Crippen molar-refractivity contribution < 1.29 is 4.74 Å². The molecule has 0 heterocycles. The first kappa shape index (κ1) is 12.5. The molecule has 0 bridgehead atoms. The van der Waals surface area contributed by atoms with Crippen LogP contribution in [0.5, 0.6) is 11.5 Å². The molecule has 0 spiro atoms. The van der Waals surface area contributed by atoms with Gasteiger partial charge in [0.15, 0.2) is 0 Å². The van der Waals surface area contributed by atoms with Crippen LogP contribution in [0.4, 0.5) is 0 Å². The molecule has 0 aromatic heterocycles. The van der Waals surface area contributed by atoms with Crippen molar-refractivity contribution in [2.75, 3.05) is 0 Å². The summed E-state index contributed by atoms with van der Waals surface area (Å²) in [6.07, 6.45) is 0. The van der Waals surface area contributed by atoms with E-state index in [1.807, 2.05) is 32.0 Å². The lowest BCUT2D eigenvalue weighted by Gasteiger charge is -2.11. The Balaban J connectivity index is 2.41. The molecule has 0 aliphatic heterocycles. The minimum atomic E-state index is 0.360. The Morgan fingerprint density at radius 3 is 2.56 bits per heavy atom.